The number of para-hydroxylation sites is 1. The summed E-state index contributed by atoms with van der Waals surface area (Å²) in [5, 5.41) is 1.91. The Morgan fingerprint density at radius 1 is 1.07 bits per heavy atom. The van der Waals surface area contributed by atoms with Crippen LogP contribution in [0.2, 0.25) is 0 Å². The second-order valence-corrected chi connectivity index (χ2v) is 7.50. The lowest BCUT2D eigenvalue weighted by atomic mass is 9.63. The molecule has 28 heavy (non-hydrogen) atoms. The summed E-state index contributed by atoms with van der Waals surface area (Å²) in [6, 6.07) is 20.5. The minimum absolute atomic E-state index is 0.211. The quantitative estimate of drug-likeness (QED) is 0.367. The Balaban J connectivity index is 2.07. The van der Waals surface area contributed by atoms with Crippen molar-refractivity contribution < 1.29 is 19.1 Å². The first kappa shape index (κ1) is 18.2. The smallest absolute Gasteiger partial charge is 0.333 e. The Kier molecular flexibility index (Phi) is 4.61. The molecule has 0 saturated heterocycles. The van der Waals surface area contributed by atoms with Gasteiger partial charge in [-0.3, -0.25) is 4.79 Å². The van der Waals surface area contributed by atoms with Crippen molar-refractivity contribution in [2.75, 3.05) is 7.11 Å². The van der Waals surface area contributed by atoms with E-state index in [0.717, 1.165) is 16.0 Å². The highest BCUT2D eigenvalue weighted by atomic mass is 32.1. The fourth-order valence-electron chi connectivity index (χ4n) is 3.94. The molecule has 0 fully saturated rings. The van der Waals surface area contributed by atoms with E-state index in [2.05, 4.69) is 6.58 Å². The van der Waals surface area contributed by atoms with Crippen molar-refractivity contribution in [1.82, 2.24) is 0 Å². The van der Waals surface area contributed by atoms with Crippen LogP contribution in [0.1, 0.15) is 21.9 Å². The summed E-state index contributed by atoms with van der Waals surface area (Å²) in [6.45, 7) is 4.03. The summed E-state index contributed by atoms with van der Waals surface area (Å²) in [5.41, 5.74) is 0.444. The molecule has 5 heteroatoms. The normalized spacial score (nSPS) is 18.8. The van der Waals surface area contributed by atoms with Gasteiger partial charge in [-0.25, -0.2) is 4.79 Å². The second-order valence-electron chi connectivity index (χ2n) is 6.52. The fourth-order valence-corrected chi connectivity index (χ4v) is 4.86. The standard InChI is InChI=1S/C23H18O4S/c1-15(21(24)26-2)20(19-13-8-14-28-19)23(16-9-4-3-5-10-16)17-11-6-7-12-18(17)27-22(23)25/h3-14,20H,1H2,2H3/t20-,23-/m0/s1. The van der Waals surface area contributed by atoms with E-state index in [9.17, 15) is 9.59 Å². The van der Waals surface area contributed by atoms with Gasteiger partial charge in [0.15, 0.2) is 0 Å². The van der Waals surface area contributed by atoms with Gasteiger partial charge in [0.1, 0.15) is 11.2 Å². The second kappa shape index (κ2) is 7.09. The van der Waals surface area contributed by atoms with E-state index >= 15 is 0 Å². The third kappa shape index (κ3) is 2.59. The predicted molar refractivity (Wildman–Crippen MR) is 108 cm³/mol. The average molecular weight is 390 g/mol. The molecule has 2 atom stereocenters. The molecule has 140 valence electrons. The van der Waals surface area contributed by atoms with Crippen LogP contribution in [-0.4, -0.2) is 19.0 Å². The van der Waals surface area contributed by atoms with Crippen molar-refractivity contribution in [1.29, 1.82) is 0 Å². The van der Waals surface area contributed by atoms with Gasteiger partial charge < -0.3 is 9.47 Å². The molecule has 0 radical (unpaired) electrons. The summed E-state index contributed by atoms with van der Waals surface area (Å²) >= 11 is 1.47. The summed E-state index contributed by atoms with van der Waals surface area (Å²) in [7, 11) is 1.31. The van der Waals surface area contributed by atoms with Gasteiger partial charge in [-0.05, 0) is 23.1 Å². The molecule has 0 amide bonds. The maximum Gasteiger partial charge on any atom is 0.333 e. The number of rotatable bonds is 5. The van der Waals surface area contributed by atoms with Crippen molar-refractivity contribution in [3.63, 3.8) is 0 Å². The van der Waals surface area contributed by atoms with Crippen LogP contribution in [0.5, 0.6) is 5.75 Å². The van der Waals surface area contributed by atoms with Crippen LogP contribution in [0.4, 0.5) is 0 Å². The van der Waals surface area contributed by atoms with Crippen LogP contribution in [0.25, 0.3) is 0 Å². The summed E-state index contributed by atoms with van der Waals surface area (Å²) < 4.78 is 10.7. The van der Waals surface area contributed by atoms with Gasteiger partial charge in [-0.15, -0.1) is 11.3 Å². The Labute approximate surface area is 167 Å². The molecule has 1 aliphatic heterocycles. The lowest BCUT2D eigenvalue weighted by molar-refractivity contribution is -0.138. The number of benzene rings is 2. The van der Waals surface area contributed by atoms with E-state index in [-0.39, 0.29) is 5.57 Å². The van der Waals surface area contributed by atoms with Gasteiger partial charge in [-0.2, -0.15) is 0 Å². The van der Waals surface area contributed by atoms with Gasteiger partial charge >= 0.3 is 11.9 Å². The number of methoxy groups -OCH3 is 1. The number of hydrogen-bond donors (Lipinski definition) is 0. The van der Waals surface area contributed by atoms with Gasteiger partial charge in [0, 0.05) is 21.9 Å². The van der Waals surface area contributed by atoms with Crippen LogP contribution >= 0.6 is 11.3 Å². The Morgan fingerprint density at radius 2 is 1.79 bits per heavy atom. The molecule has 4 nitrogen and oxygen atoms in total. The molecule has 4 rings (SSSR count). The summed E-state index contributed by atoms with van der Waals surface area (Å²) in [4.78, 5) is 26.9. The van der Waals surface area contributed by atoms with Crippen molar-refractivity contribution in [2.24, 2.45) is 0 Å². The number of esters is 2. The first-order chi connectivity index (χ1) is 13.6. The van der Waals surface area contributed by atoms with Crippen molar-refractivity contribution in [3.8, 4) is 5.75 Å². The zero-order valence-corrected chi connectivity index (χ0v) is 16.1. The van der Waals surface area contributed by atoms with Crippen LogP contribution < -0.4 is 4.74 Å². The van der Waals surface area contributed by atoms with E-state index in [1.807, 2.05) is 66.0 Å². The van der Waals surface area contributed by atoms with Crippen LogP contribution in [0.15, 0.2) is 84.3 Å². The summed E-state index contributed by atoms with van der Waals surface area (Å²) in [6.07, 6.45) is 0. The molecule has 0 spiro atoms. The molecule has 0 aliphatic carbocycles. The Morgan fingerprint density at radius 3 is 2.46 bits per heavy atom. The zero-order chi connectivity index (χ0) is 19.7. The average Bonchev–Trinajstić information content (AvgIpc) is 3.35. The third-order valence-electron chi connectivity index (χ3n) is 5.12. The van der Waals surface area contributed by atoms with Crippen LogP contribution in [0, 0.1) is 0 Å². The minimum atomic E-state index is -1.23. The number of hydrogen-bond acceptors (Lipinski definition) is 5. The summed E-state index contributed by atoms with van der Waals surface area (Å²) in [5.74, 6) is -1.14. The molecule has 0 unspecified atom stereocenters. The number of carbonyl (C=O) groups is 2. The number of carbonyl (C=O) groups excluding carboxylic acids is 2. The zero-order valence-electron chi connectivity index (χ0n) is 15.3. The molecule has 3 aromatic rings. The highest BCUT2D eigenvalue weighted by Crippen LogP contribution is 2.55. The fraction of sp³-hybridized carbons (Fsp3) is 0.130. The molecule has 0 N–H and O–H groups in total. The minimum Gasteiger partial charge on any atom is -0.466 e. The molecule has 1 aliphatic rings. The van der Waals surface area contributed by atoms with E-state index in [1.54, 1.807) is 6.07 Å². The number of ether oxygens (including phenoxy) is 2. The highest BCUT2D eigenvalue weighted by molar-refractivity contribution is 7.10. The van der Waals surface area contributed by atoms with E-state index in [4.69, 9.17) is 9.47 Å². The first-order valence-electron chi connectivity index (χ1n) is 8.78. The predicted octanol–water partition coefficient (Wildman–Crippen LogP) is 4.47. The number of fused-ring (bicyclic) bond motifs is 1. The van der Waals surface area contributed by atoms with Crippen molar-refractivity contribution >= 4 is 23.3 Å². The molecule has 0 bridgehead atoms. The highest BCUT2D eigenvalue weighted by Gasteiger charge is 2.58. The van der Waals surface area contributed by atoms with E-state index in [0.29, 0.717) is 5.75 Å². The lowest BCUT2D eigenvalue weighted by Gasteiger charge is -2.35. The van der Waals surface area contributed by atoms with Gasteiger partial charge in [0.05, 0.1) is 7.11 Å². The molecular weight excluding hydrogens is 372 g/mol. The first-order valence-corrected chi connectivity index (χ1v) is 9.66. The van der Waals surface area contributed by atoms with E-state index in [1.165, 1.54) is 18.4 Å². The Hall–Kier alpha value is -3.18. The molecule has 2 aromatic carbocycles. The van der Waals surface area contributed by atoms with Crippen LogP contribution in [0.3, 0.4) is 0 Å². The van der Waals surface area contributed by atoms with Gasteiger partial charge in [-0.1, -0.05) is 61.2 Å². The Bertz CT molecular complexity index is 1040. The largest absolute Gasteiger partial charge is 0.466 e. The monoisotopic (exact) mass is 390 g/mol. The molecule has 0 saturated carbocycles. The van der Waals surface area contributed by atoms with Crippen LogP contribution in [-0.2, 0) is 19.7 Å². The molecular formula is C23H18O4S. The maximum atomic E-state index is 13.5. The lowest BCUT2D eigenvalue weighted by Crippen LogP contribution is -2.43. The van der Waals surface area contributed by atoms with Gasteiger partial charge in [0.2, 0.25) is 0 Å². The maximum absolute atomic E-state index is 13.5. The number of thiophene rings is 1. The van der Waals surface area contributed by atoms with Gasteiger partial charge in [0.25, 0.3) is 0 Å². The topological polar surface area (TPSA) is 52.6 Å². The molecule has 2 heterocycles. The van der Waals surface area contributed by atoms with E-state index < -0.39 is 23.3 Å². The van der Waals surface area contributed by atoms with Crippen molar-refractivity contribution in [3.05, 3.63) is 100 Å². The van der Waals surface area contributed by atoms with Crippen molar-refractivity contribution in [2.45, 2.75) is 11.3 Å². The third-order valence-corrected chi connectivity index (χ3v) is 6.06. The SMILES string of the molecule is C=C(C(=O)OC)[C@@H](c1cccs1)[C@@]1(c2ccccc2)C(=O)Oc2ccccc21. The molecule has 1 aromatic heterocycles.